The average molecular weight is 520 g/mol. The highest BCUT2D eigenvalue weighted by molar-refractivity contribution is 6.01. The van der Waals surface area contributed by atoms with E-state index in [1.165, 1.54) is 0 Å². The molecule has 1 heterocycles. The number of aryl methyl sites for hydroxylation is 3. The number of methoxy groups -OCH3 is 1. The second-order valence-corrected chi connectivity index (χ2v) is 10.2. The number of nitrogens with two attached hydrogens (primary N) is 1. The molecule has 0 aromatic heterocycles. The third-order valence-corrected chi connectivity index (χ3v) is 7.76. The maximum atomic E-state index is 13.6. The van der Waals surface area contributed by atoms with Gasteiger partial charge in [0.15, 0.2) is 5.78 Å². The van der Waals surface area contributed by atoms with Crippen LogP contribution in [0.3, 0.4) is 0 Å². The Kier molecular flexibility index (Phi) is 7.17. The summed E-state index contributed by atoms with van der Waals surface area (Å²) in [5.74, 6) is 1.46. The minimum absolute atomic E-state index is 0.0797. The van der Waals surface area contributed by atoms with Gasteiger partial charge >= 0.3 is 0 Å². The number of hydrogen-bond donors (Lipinski definition) is 1. The molecular formula is C33H33N3O3. The van der Waals surface area contributed by atoms with Crippen molar-refractivity contribution in [1.82, 2.24) is 0 Å². The third kappa shape index (κ3) is 4.77. The maximum Gasteiger partial charge on any atom is 0.161 e. The van der Waals surface area contributed by atoms with E-state index in [0.29, 0.717) is 30.0 Å². The van der Waals surface area contributed by atoms with E-state index in [-0.39, 0.29) is 5.78 Å². The molecule has 198 valence electrons. The number of carbonyl (C=O) groups excluding carboxylic acids is 1. The average Bonchev–Trinajstić information content (AvgIpc) is 2.93. The number of ether oxygens (including phenoxy) is 2. The summed E-state index contributed by atoms with van der Waals surface area (Å²) >= 11 is 0. The minimum atomic E-state index is -0.515. The molecule has 0 fully saturated rings. The molecule has 0 bridgehead atoms. The summed E-state index contributed by atoms with van der Waals surface area (Å²) in [7, 11) is 1.63. The molecule has 0 saturated heterocycles. The molecule has 2 aliphatic rings. The Morgan fingerprint density at radius 1 is 0.974 bits per heavy atom. The van der Waals surface area contributed by atoms with E-state index in [9.17, 15) is 10.1 Å². The van der Waals surface area contributed by atoms with Crippen LogP contribution < -0.4 is 20.1 Å². The zero-order valence-corrected chi connectivity index (χ0v) is 22.9. The molecule has 0 spiro atoms. The number of para-hydroxylation sites is 1. The minimum Gasteiger partial charge on any atom is -0.497 e. The number of carbonyl (C=O) groups is 1. The largest absolute Gasteiger partial charge is 0.497 e. The van der Waals surface area contributed by atoms with Crippen LogP contribution in [0.2, 0.25) is 0 Å². The Hall–Kier alpha value is -4.50. The monoisotopic (exact) mass is 519 g/mol. The van der Waals surface area contributed by atoms with Crippen LogP contribution in [0.15, 0.2) is 83.3 Å². The van der Waals surface area contributed by atoms with Gasteiger partial charge in [-0.1, -0.05) is 30.3 Å². The third-order valence-electron chi connectivity index (χ3n) is 7.76. The Morgan fingerprint density at radius 3 is 2.38 bits per heavy atom. The number of allylic oxidation sites excluding steroid dienone is 3. The van der Waals surface area contributed by atoms with Crippen molar-refractivity contribution in [1.29, 1.82) is 5.26 Å². The highest BCUT2D eigenvalue weighted by atomic mass is 16.5. The van der Waals surface area contributed by atoms with E-state index in [1.54, 1.807) is 7.11 Å². The first-order valence-corrected chi connectivity index (χ1v) is 13.2. The zero-order valence-electron chi connectivity index (χ0n) is 22.9. The van der Waals surface area contributed by atoms with Crippen molar-refractivity contribution >= 4 is 11.5 Å². The molecule has 1 unspecified atom stereocenters. The second-order valence-electron chi connectivity index (χ2n) is 10.2. The normalized spacial score (nSPS) is 17.2. The molecule has 6 heteroatoms. The second kappa shape index (κ2) is 10.7. The first-order chi connectivity index (χ1) is 18.8. The molecule has 1 aliphatic heterocycles. The van der Waals surface area contributed by atoms with Crippen molar-refractivity contribution in [3.05, 3.63) is 111 Å². The smallest absolute Gasteiger partial charge is 0.161 e. The van der Waals surface area contributed by atoms with Gasteiger partial charge in [-0.3, -0.25) is 9.69 Å². The van der Waals surface area contributed by atoms with Crippen molar-refractivity contribution in [2.75, 3.05) is 12.0 Å². The fourth-order valence-corrected chi connectivity index (χ4v) is 5.70. The first-order valence-electron chi connectivity index (χ1n) is 13.2. The van der Waals surface area contributed by atoms with E-state index in [2.05, 4.69) is 25.1 Å². The van der Waals surface area contributed by atoms with Gasteiger partial charge in [-0.2, -0.15) is 5.26 Å². The number of hydrogen-bond acceptors (Lipinski definition) is 6. The Balaban J connectivity index is 1.60. The summed E-state index contributed by atoms with van der Waals surface area (Å²) in [6.45, 7) is 6.46. The van der Waals surface area contributed by atoms with E-state index in [1.807, 2.05) is 67.3 Å². The Bertz CT molecular complexity index is 1540. The summed E-state index contributed by atoms with van der Waals surface area (Å²) in [5, 5.41) is 10.4. The summed E-state index contributed by atoms with van der Waals surface area (Å²) in [6, 6.07) is 22.0. The maximum absolute atomic E-state index is 13.6. The number of ketones is 1. The fraction of sp³-hybridized carbons (Fsp3) is 0.273. The van der Waals surface area contributed by atoms with Crippen LogP contribution in [0.1, 0.15) is 53.0 Å². The van der Waals surface area contributed by atoms with Crippen molar-refractivity contribution in [3.8, 4) is 17.6 Å². The van der Waals surface area contributed by atoms with Crippen LogP contribution in [-0.2, 0) is 11.4 Å². The van der Waals surface area contributed by atoms with Crippen LogP contribution >= 0.6 is 0 Å². The van der Waals surface area contributed by atoms with Crippen LogP contribution in [0.25, 0.3) is 0 Å². The van der Waals surface area contributed by atoms with Gasteiger partial charge in [-0.05, 0) is 91.8 Å². The lowest BCUT2D eigenvalue weighted by molar-refractivity contribution is -0.116. The Labute approximate surface area is 230 Å². The molecule has 0 radical (unpaired) electrons. The lowest BCUT2D eigenvalue weighted by Gasteiger charge is -2.40. The number of anilines is 1. The van der Waals surface area contributed by atoms with E-state index < -0.39 is 5.92 Å². The quantitative estimate of drug-likeness (QED) is 0.400. The fourth-order valence-electron chi connectivity index (χ4n) is 5.70. The topological polar surface area (TPSA) is 88.6 Å². The van der Waals surface area contributed by atoms with Crippen LogP contribution in [0.4, 0.5) is 5.69 Å². The summed E-state index contributed by atoms with van der Waals surface area (Å²) < 4.78 is 11.3. The van der Waals surface area contributed by atoms with Gasteiger partial charge in [0, 0.05) is 17.7 Å². The van der Waals surface area contributed by atoms with Crippen molar-refractivity contribution < 1.29 is 14.3 Å². The van der Waals surface area contributed by atoms with Gasteiger partial charge in [-0.15, -0.1) is 0 Å². The highest BCUT2D eigenvalue weighted by Gasteiger charge is 2.41. The SMILES string of the molecule is COc1ccc(OCc2cc(C3C(C#N)=C(N)N(c4ccccc4C)C4=C3C(=O)CCC4)c(C)cc2C)cc1. The molecule has 3 aromatic rings. The standard InChI is InChI=1S/C33H33N3O3/c1-20-8-5-6-9-28(20)36-29-10-7-11-30(37)32(29)31(27(18-34)33(36)35)26-17-23(21(2)16-22(26)3)19-39-25-14-12-24(38-4)13-15-25/h5-6,8-9,12-17,31H,7,10-11,19,35H2,1-4H3. The highest BCUT2D eigenvalue weighted by Crippen LogP contribution is 2.47. The lowest BCUT2D eigenvalue weighted by atomic mass is 9.74. The van der Waals surface area contributed by atoms with Gasteiger partial charge in [0.05, 0.1) is 30.4 Å². The summed E-state index contributed by atoms with van der Waals surface area (Å²) in [4.78, 5) is 15.5. The molecule has 1 atom stereocenters. The van der Waals surface area contributed by atoms with Crippen LogP contribution in [0, 0.1) is 32.1 Å². The molecule has 5 rings (SSSR count). The van der Waals surface area contributed by atoms with Crippen molar-refractivity contribution in [2.24, 2.45) is 5.73 Å². The summed E-state index contributed by atoms with van der Waals surface area (Å²) in [6.07, 6.45) is 1.95. The van der Waals surface area contributed by atoms with Gasteiger partial charge in [-0.25, -0.2) is 0 Å². The van der Waals surface area contributed by atoms with Crippen molar-refractivity contribution in [3.63, 3.8) is 0 Å². The Morgan fingerprint density at radius 2 is 1.69 bits per heavy atom. The van der Waals surface area contributed by atoms with Gasteiger partial charge in [0.1, 0.15) is 23.9 Å². The number of Topliss-reactive ketones (excluding diaryl/α,β-unsaturated/α-hetero) is 1. The van der Waals surface area contributed by atoms with E-state index >= 15 is 0 Å². The van der Waals surface area contributed by atoms with Crippen LogP contribution in [0.5, 0.6) is 11.5 Å². The van der Waals surface area contributed by atoms with E-state index in [0.717, 1.165) is 63.5 Å². The number of nitriles is 1. The molecule has 1 aliphatic carbocycles. The number of rotatable bonds is 6. The first kappa shape index (κ1) is 26.1. The molecule has 0 saturated carbocycles. The molecular weight excluding hydrogens is 486 g/mol. The van der Waals surface area contributed by atoms with Crippen molar-refractivity contribution in [2.45, 2.75) is 52.6 Å². The van der Waals surface area contributed by atoms with Gasteiger partial charge < -0.3 is 15.2 Å². The molecule has 3 aromatic carbocycles. The molecule has 0 amide bonds. The van der Waals surface area contributed by atoms with Crippen LogP contribution in [-0.4, -0.2) is 12.9 Å². The predicted molar refractivity (Wildman–Crippen MR) is 152 cm³/mol. The predicted octanol–water partition coefficient (Wildman–Crippen LogP) is 6.50. The van der Waals surface area contributed by atoms with Gasteiger partial charge in [0.2, 0.25) is 0 Å². The molecule has 6 nitrogen and oxygen atoms in total. The molecule has 39 heavy (non-hydrogen) atoms. The zero-order chi connectivity index (χ0) is 27.7. The number of benzene rings is 3. The lowest BCUT2D eigenvalue weighted by Crippen LogP contribution is -2.39. The van der Waals surface area contributed by atoms with Gasteiger partial charge in [0.25, 0.3) is 0 Å². The number of nitrogens with zero attached hydrogens (tertiary/aromatic N) is 2. The summed E-state index contributed by atoms with van der Waals surface area (Å²) in [5.41, 5.74) is 14.7. The van der Waals surface area contributed by atoms with E-state index in [4.69, 9.17) is 15.2 Å². The molecule has 2 N–H and O–H groups in total.